The van der Waals surface area contributed by atoms with E-state index in [1.807, 2.05) is 134 Å². The number of aliphatic hydroxyl groups excluding tert-OH is 1. The first kappa shape index (κ1) is 116. The number of aromatic nitrogens is 14. The third kappa shape index (κ3) is 29.3. The summed E-state index contributed by atoms with van der Waals surface area (Å²) in [7, 11) is 9.05. The molecule has 9 N–H and O–H groups in total. The lowest BCUT2D eigenvalue weighted by Gasteiger charge is -2.17. The number of nitrogens with one attached hydrogen (secondary N) is 7. The van der Waals surface area contributed by atoms with Crippen molar-refractivity contribution in [2.24, 2.45) is 0 Å². The Kier molecular flexibility index (Phi) is 46.1. The van der Waals surface area contributed by atoms with Crippen LogP contribution >= 0.6 is 104 Å². The van der Waals surface area contributed by atoms with Gasteiger partial charge in [0.1, 0.15) is 66.2 Å². The molecule has 37 heteroatoms. The van der Waals surface area contributed by atoms with Crippen molar-refractivity contribution in [2.75, 3.05) is 42.7 Å². The molecule has 0 saturated carbocycles. The number of aromatic amines is 7. The maximum Gasteiger partial charge on any atom is 0.163 e. The largest absolute Gasteiger partial charge is 0.504 e. The van der Waals surface area contributed by atoms with Crippen LogP contribution in [0, 0.1) is 0 Å². The number of hydrogen-bond acceptors (Lipinski definition) is 21. The van der Waals surface area contributed by atoms with Gasteiger partial charge in [-0.1, -0.05) is 201 Å². The van der Waals surface area contributed by atoms with Crippen molar-refractivity contribution in [1.29, 1.82) is 0 Å². The van der Waals surface area contributed by atoms with E-state index < -0.39 is 6.10 Å². The predicted octanol–water partition coefficient (Wildman–Crippen LogP) is 28.6. The van der Waals surface area contributed by atoms with Crippen molar-refractivity contribution in [3.63, 3.8) is 0 Å². The van der Waals surface area contributed by atoms with Gasteiger partial charge in [0.05, 0.1) is 128 Å². The van der Waals surface area contributed by atoms with Crippen LogP contribution in [0.2, 0.25) is 40.2 Å². The van der Waals surface area contributed by atoms with Gasteiger partial charge in [0.2, 0.25) is 0 Å². The number of hydrogen-bond donors (Lipinski definition) is 9. The molecule has 0 spiro atoms. The van der Waals surface area contributed by atoms with Crippen LogP contribution in [0.15, 0.2) is 219 Å². The van der Waals surface area contributed by atoms with Gasteiger partial charge in [0.25, 0.3) is 0 Å². The highest BCUT2D eigenvalue weighted by atomic mass is 35.5. The second-order valence-corrected chi connectivity index (χ2v) is 31.5. The van der Waals surface area contributed by atoms with Gasteiger partial charge in [-0.2, -0.15) is 0 Å². The van der Waals surface area contributed by atoms with Crippen molar-refractivity contribution in [1.82, 2.24) is 69.8 Å². The monoisotopic (exact) mass is 2070 g/mol. The molecule has 1 atom stereocenters. The highest BCUT2D eigenvalue weighted by Crippen LogP contribution is 2.42. The first-order valence-corrected chi connectivity index (χ1v) is 42.7. The molecular formula is C102H109Cl9N14O14. The van der Waals surface area contributed by atoms with Gasteiger partial charge < -0.3 is 87.7 Å². The van der Waals surface area contributed by atoms with Crippen molar-refractivity contribution in [3.05, 3.63) is 322 Å². The Morgan fingerprint density at radius 2 is 0.705 bits per heavy atom. The number of fused-ring (bicyclic) bond motifs is 7. The zero-order valence-corrected chi connectivity index (χ0v) is 76.8. The van der Waals surface area contributed by atoms with E-state index in [-0.39, 0.29) is 95.8 Å². The van der Waals surface area contributed by atoms with E-state index in [0.29, 0.717) is 163 Å². The Hall–Kier alpha value is -13.5. The number of carbonyl (C=O) groups excluding carboxylic acids is 3. The minimum absolute atomic E-state index is 0. The minimum atomic E-state index is -1.02. The summed E-state index contributed by atoms with van der Waals surface area (Å²) in [6.07, 6.45) is 11.8. The smallest absolute Gasteiger partial charge is 0.163 e. The number of carbonyl (C=O) groups is 3. The molecule has 0 radical (unpaired) electrons. The highest BCUT2D eigenvalue weighted by Gasteiger charge is 2.24. The first-order valence-electron chi connectivity index (χ1n) is 39.2. The van der Waals surface area contributed by atoms with Gasteiger partial charge in [0.15, 0.2) is 76.4 Å². The fourth-order valence-electron chi connectivity index (χ4n) is 13.1. The summed E-state index contributed by atoms with van der Waals surface area (Å²) < 4.78 is 48.6. The molecule has 10 aromatic heterocycles. The first-order chi connectivity index (χ1) is 63.5. The second kappa shape index (κ2) is 55.2. The van der Waals surface area contributed by atoms with E-state index in [0.717, 1.165) is 89.0 Å². The molecule has 0 aliphatic heterocycles. The van der Waals surface area contributed by atoms with Gasteiger partial charge in [-0.3, -0.25) is 14.4 Å². The number of aromatic hydroxyl groups is 1. The summed E-state index contributed by atoms with van der Waals surface area (Å²) >= 11 is 54.0. The number of halogens is 9. The number of ether oxygens (including phenoxy) is 9. The number of methoxy groups -OCH3 is 6. The van der Waals surface area contributed by atoms with E-state index >= 15 is 0 Å². The van der Waals surface area contributed by atoms with Crippen LogP contribution in [0.25, 0.3) is 77.2 Å². The Bertz CT molecular complexity index is 7100. The molecular weight excluding hydrogens is 1960 g/mol. The quantitative estimate of drug-likeness (QED) is 0.0212. The van der Waals surface area contributed by atoms with E-state index in [4.69, 9.17) is 147 Å². The summed E-state index contributed by atoms with van der Waals surface area (Å²) in [5.41, 5.74) is 13.9. The Morgan fingerprint density at radius 3 is 1.15 bits per heavy atom. The Labute approximate surface area is 850 Å². The van der Waals surface area contributed by atoms with Crippen LogP contribution in [-0.2, 0) is 32.1 Å². The lowest BCUT2D eigenvalue weighted by molar-refractivity contribution is 0.111. The Morgan fingerprint density at radius 1 is 0.353 bits per heavy atom. The normalized spacial score (nSPS) is 10.4. The van der Waals surface area contributed by atoms with Crippen LogP contribution in [0.3, 0.4) is 0 Å². The number of imidazole rings is 4. The molecule has 734 valence electrons. The molecule has 0 aliphatic carbocycles. The number of phenols is 1. The fourth-order valence-corrected chi connectivity index (χ4v) is 14.8. The zero-order valence-electron chi connectivity index (χ0n) is 70.0. The summed E-state index contributed by atoms with van der Waals surface area (Å²) in [4.78, 5) is 84.0. The molecule has 10 heterocycles. The summed E-state index contributed by atoms with van der Waals surface area (Å²) in [5, 5.41) is 26.5. The number of H-pyrrole nitrogens is 7. The SMILES string of the molecule is C.C.C.C.C.C.C.C.COc1cc(C(O)c2c[nH]c3ncc(Cl)cc23)c(Cl)cc1OCc1nc2ccccc2[nH]1.COc1cc(C=O)c(Cl)cc1O.COc1cc(C=O)c(Cl)cc1OCc1nc2ccccc2[nH]1.COc1cc(Cc2c[nH]c3ncc(Cl)cc23)c(Cl)cc1OCc1nc2ccccc2[nH]1.COc1cc(Cl)c(C=O)cc1OC.ClCc1nc2ccccc2[nH]1.Clc1cnc2[nH]ccc2c1. The van der Waals surface area contributed by atoms with E-state index in [1.165, 1.54) is 53.7 Å². The number of pyridine rings is 3. The van der Waals surface area contributed by atoms with Gasteiger partial charge in [0, 0.05) is 123 Å². The Balaban J connectivity index is 0.000000296. The number of phenolic OH excluding ortho intramolecular Hbond substituents is 1. The molecule has 19 rings (SSSR count). The molecule has 1 unspecified atom stereocenters. The van der Waals surface area contributed by atoms with Crippen LogP contribution in [-0.4, -0.2) is 142 Å². The number of alkyl halides is 1. The lowest BCUT2D eigenvalue weighted by atomic mass is 10.0. The maximum absolute atomic E-state index is 11.1. The van der Waals surface area contributed by atoms with Crippen LogP contribution in [0.5, 0.6) is 57.5 Å². The number of aliphatic hydroxyl groups is 1. The van der Waals surface area contributed by atoms with Crippen molar-refractivity contribution in [2.45, 2.75) is 97.6 Å². The number of aldehydes is 3. The molecule has 19 aromatic rings. The topological polar surface area (TPSA) is 376 Å². The van der Waals surface area contributed by atoms with Gasteiger partial charge >= 0.3 is 0 Å². The average Bonchev–Trinajstić information content (AvgIpc) is 1.67. The minimum Gasteiger partial charge on any atom is -0.504 e. The number of nitrogens with zero attached hydrogens (tertiary/aromatic N) is 7. The van der Waals surface area contributed by atoms with Gasteiger partial charge in [-0.25, -0.2) is 34.9 Å². The van der Waals surface area contributed by atoms with Crippen molar-refractivity contribution < 1.29 is 67.2 Å². The number of benzene rings is 9. The fraction of sp³-hybridized carbons (Fsp3) is 0.196. The summed E-state index contributed by atoms with van der Waals surface area (Å²) in [6, 6.07) is 54.5. The predicted molar refractivity (Wildman–Crippen MR) is 565 cm³/mol. The summed E-state index contributed by atoms with van der Waals surface area (Å²) in [6.45, 7) is 0.713. The molecule has 28 nitrogen and oxygen atoms in total. The lowest BCUT2D eigenvalue weighted by Crippen LogP contribution is -2.04. The molecule has 0 fully saturated rings. The standard InChI is InChI=1S/C23H18Cl2N4O3.C23H18Cl2N4O2.C16H13ClN2O3.C9H9ClO3.C8H7ClN2.C8H7ClO3.C7H5ClN2.8CH4/c1-31-19-7-14(22(30)15-10-27-23-13(15)6-12(24)9-26-23)16(25)8-20(19)32-11-21-28-17-4-2-3-5-18(17)29-21;1-30-20-7-13(6-14-10-26-23-16(14)8-15(24)11-27-23)17(25)9-21(20)31-12-22-28-18-4-2-3-5-19(18)29-22;1-21-14-6-10(8-20)11(17)7-15(14)22-9-16-18-12-4-2-3-5-13(12)19-16;1-12-8-3-6(5-11)7(10)4-9(8)13-2;9-5-8-10-6-3-1-2-4-7(6)11-8;1-12-8-2-5(4-10)6(9)3-7(8)11;8-6-3-5-1-2-9-7(5)10-4-6;;;;;;;;/h2-10,22,30H,11H2,1H3,(H,26,27)(H,28,29);2-5,7-11H,6,12H2,1H3,(H,26,27)(H,28,29);2-8H,9H2,1H3,(H,18,19);3-5H,1-2H3;1-4H,5H2,(H,10,11);2-4,11H,1H3;1-4H,(H,9,10);8*1H4. The van der Waals surface area contributed by atoms with Crippen LogP contribution in [0.4, 0.5) is 0 Å². The zero-order chi connectivity index (χ0) is 92.8. The maximum atomic E-state index is 11.1. The van der Waals surface area contributed by atoms with Crippen molar-refractivity contribution in [3.8, 4) is 57.5 Å². The van der Waals surface area contributed by atoms with Gasteiger partial charge in [-0.05, 0) is 114 Å². The van der Waals surface area contributed by atoms with Crippen LogP contribution in [0.1, 0.15) is 142 Å². The highest BCUT2D eigenvalue weighted by molar-refractivity contribution is 6.35. The van der Waals surface area contributed by atoms with E-state index in [2.05, 4.69) is 69.8 Å². The molecule has 0 saturated heterocycles. The molecule has 9 aromatic carbocycles. The third-order valence-corrected chi connectivity index (χ3v) is 22.0. The van der Waals surface area contributed by atoms with E-state index in [9.17, 15) is 24.6 Å². The molecule has 0 amide bonds. The van der Waals surface area contributed by atoms with E-state index in [1.54, 1.807) is 74.4 Å². The van der Waals surface area contributed by atoms with Crippen molar-refractivity contribution >= 4 is 201 Å². The summed E-state index contributed by atoms with van der Waals surface area (Å²) in [5.74, 6) is 7.48. The number of rotatable bonds is 23. The molecule has 0 bridgehead atoms. The van der Waals surface area contributed by atoms with Crippen LogP contribution < -0.4 is 42.6 Å². The molecule has 139 heavy (non-hydrogen) atoms. The number of para-hydroxylation sites is 8. The molecule has 0 aliphatic rings. The van der Waals surface area contributed by atoms with Gasteiger partial charge in [-0.15, -0.1) is 11.6 Å². The average molecular weight is 2070 g/mol. The second-order valence-electron chi connectivity index (χ2n) is 27.9. The third-order valence-electron chi connectivity index (χ3n) is 19.5.